The van der Waals surface area contributed by atoms with Gasteiger partial charge in [0, 0.05) is 24.7 Å². The first-order chi connectivity index (χ1) is 11.8. The largest absolute Gasteiger partial charge is 0.490 e. The SMILES string of the molecule is CCOC(=O)CCN(CC(C)O)C(=O)c1ccc(OC)c([N+](=O)[O-])c1. The van der Waals surface area contributed by atoms with Crippen molar-refractivity contribution in [2.24, 2.45) is 0 Å². The van der Waals surface area contributed by atoms with Gasteiger partial charge in [-0.15, -0.1) is 0 Å². The molecule has 1 rings (SSSR count). The fourth-order valence-electron chi connectivity index (χ4n) is 2.20. The van der Waals surface area contributed by atoms with E-state index in [4.69, 9.17) is 9.47 Å². The Morgan fingerprint density at radius 3 is 2.60 bits per heavy atom. The van der Waals surface area contributed by atoms with Gasteiger partial charge in [0.2, 0.25) is 0 Å². The maximum atomic E-state index is 12.6. The van der Waals surface area contributed by atoms with E-state index in [1.54, 1.807) is 6.92 Å². The van der Waals surface area contributed by atoms with Crippen molar-refractivity contribution in [2.75, 3.05) is 26.8 Å². The molecule has 1 aromatic rings. The minimum Gasteiger partial charge on any atom is -0.490 e. The highest BCUT2D eigenvalue weighted by Gasteiger charge is 2.23. The van der Waals surface area contributed by atoms with Crippen molar-refractivity contribution in [1.29, 1.82) is 0 Å². The molecule has 9 heteroatoms. The van der Waals surface area contributed by atoms with Crippen molar-refractivity contribution >= 4 is 17.6 Å². The van der Waals surface area contributed by atoms with E-state index in [0.29, 0.717) is 0 Å². The van der Waals surface area contributed by atoms with Crippen LogP contribution in [0.2, 0.25) is 0 Å². The molecule has 1 atom stereocenters. The van der Waals surface area contributed by atoms with E-state index in [1.807, 2.05) is 0 Å². The first-order valence-electron chi connectivity index (χ1n) is 7.75. The number of hydrogen-bond donors (Lipinski definition) is 1. The van der Waals surface area contributed by atoms with Gasteiger partial charge in [-0.2, -0.15) is 0 Å². The number of carbonyl (C=O) groups excluding carboxylic acids is 2. The molecule has 138 valence electrons. The average Bonchev–Trinajstić information content (AvgIpc) is 2.57. The Hall–Kier alpha value is -2.68. The lowest BCUT2D eigenvalue weighted by Gasteiger charge is -2.24. The molecule has 1 unspecified atom stereocenters. The van der Waals surface area contributed by atoms with Crippen LogP contribution in [0.15, 0.2) is 18.2 Å². The predicted octanol–water partition coefficient (Wildman–Crippen LogP) is 1.38. The van der Waals surface area contributed by atoms with Crippen molar-refractivity contribution in [1.82, 2.24) is 4.90 Å². The van der Waals surface area contributed by atoms with Crippen LogP contribution < -0.4 is 4.74 Å². The Labute approximate surface area is 145 Å². The number of nitro groups is 1. The van der Waals surface area contributed by atoms with Crippen LogP contribution in [0.1, 0.15) is 30.6 Å². The first-order valence-corrected chi connectivity index (χ1v) is 7.75. The molecule has 0 aliphatic heterocycles. The summed E-state index contributed by atoms with van der Waals surface area (Å²) >= 11 is 0. The summed E-state index contributed by atoms with van der Waals surface area (Å²) in [4.78, 5) is 35.8. The van der Waals surface area contributed by atoms with Gasteiger partial charge in [-0.05, 0) is 26.0 Å². The molecule has 0 fully saturated rings. The molecule has 0 aromatic heterocycles. The summed E-state index contributed by atoms with van der Waals surface area (Å²) in [6.07, 6.45) is -0.857. The van der Waals surface area contributed by atoms with Gasteiger partial charge < -0.3 is 19.5 Å². The van der Waals surface area contributed by atoms with Crippen molar-refractivity contribution in [2.45, 2.75) is 26.4 Å². The standard InChI is InChI=1S/C16H22N2O7/c1-4-25-15(20)7-8-17(10-11(2)19)16(21)12-5-6-14(24-3)13(9-12)18(22)23/h5-6,9,11,19H,4,7-8,10H2,1-3H3. The van der Waals surface area contributed by atoms with Crippen LogP contribution >= 0.6 is 0 Å². The fourth-order valence-corrected chi connectivity index (χ4v) is 2.20. The number of carbonyl (C=O) groups is 2. The van der Waals surface area contributed by atoms with Crippen molar-refractivity contribution in [3.8, 4) is 5.75 Å². The number of methoxy groups -OCH3 is 1. The second-order valence-corrected chi connectivity index (χ2v) is 5.30. The highest BCUT2D eigenvalue weighted by atomic mass is 16.6. The first kappa shape index (κ1) is 20.4. The van der Waals surface area contributed by atoms with E-state index in [0.717, 1.165) is 6.07 Å². The minimum absolute atomic E-state index is 0.0158. The zero-order chi connectivity index (χ0) is 19.0. The highest BCUT2D eigenvalue weighted by molar-refractivity contribution is 5.95. The van der Waals surface area contributed by atoms with Crippen LogP contribution in [0.3, 0.4) is 0 Å². The second-order valence-electron chi connectivity index (χ2n) is 5.30. The van der Waals surface area contributed by atoms with Crippen molar-refractivity contribution < 1.29 is 29.1 Å². The molecule has 0 radical (unpaired) electrons. The Balaban J connectivity index is 3.01. The maximum Gasteiger partial charge on any atom is 0.311 e. The lowest BCUT2D eigenvalue weighted by Crippen LogP contribution is -2.38. The molecule has 0 aliphatic carbocycles. The molecule has 1 N–H and O–H groups in total. The molecule has 0 spiro atoms. The normalized spacial score (nSPS) is 11.5. The number of aliphatic hydroxyl groups is 1. The third-order valence-corrected chi connectivity index (χ3v) is 3.29. The van der Waals surface area contributed by atoms with Gasteiger partial charge in [-0.25, -0.2) is 0 Å². The lowest BCUT2D eigenvalue weighted by atomic mass is 10.1. The molecule has 0 bridgehead atoms. The van der Waals surface area contributed by atoms with Crippen LogP contribution in [0, 0.1) is 10.1 Å². The van der Waals surface area contributed by atoms with Gasteiger partial charge in [-0.1, -0.05) is 0 Å². The molecule has 0 heterocycles. The molecule has 0 saturated heterocycles. The van der Waals surface area contributed by atoms with E-state index in [9.17, 15) is 24.8 Å². The van der Waals surface area contributed by atoms with Gasteiger partial charge in [0.15, 0.2) is 5.75 Å². The van der Waals surface area contributed by atoms with Crippen LogP contribution in [0.25, 0.3) is 0 Å². The average molecular weight is 354 g/mol. The van der Waals surface area contributed by atoms with E-state index in [2.05, 4.69) is 0 Å². The zero-order valence-corrected chi connectivity index (χ0v) is 14.4. The third-order valence-electron chi connectivity index (χ3n) is 3.29. The fraction of sp³-hybridized carbons (Fsp3) is 0.500. The van der Waals surface area contributed by atoms with E-state index in [1.165, 1.54) is 31.1 Å². The Bertz CT molecular complexity index is 631. The highest BCUT2D eigenvalue weighted by Crippen LogP contribution is 2.28. The Kier molecular flexibility index (Phi) is 7.80. The van der Waals surface area contributed by atoms with Gasteiger partial charge in [0.25, 0.3) is 5.91 Å². The number of aliphatic hydroxyl groups excluding tert-OH is 1. The maximum absolute atomic E-state index is 12.6. The molecule has 0 aliphatic rings. The second kappa shape index (κ2) is 9.58. The molecule has 25 heavy (non-hydrogen) atoms. The van der Waals surface area contributed by atoms with Gasteiger partial charge >= 0.3 is 11.7 Å². The monoisotopic (exact) mass is 354 g/mol. The summed E-state index contributed by atoms with van der Waals surface area (Å²) in [7, 11) is 1.29. The number of amides is 1. The van der Waals surface area contributed by atoms with Crippen LogP contribution in [0.4, 0.5) is 5.69 Å². The van der Waals surface area contributed by atoms with Crippen molar-refractivity contribution in [3.63, 3.8) is 0 Å². The van der Waals surface area contributed by atoms with Gasteiger partial charge in [0.05, 0.1) is 31.2 Å². The number of nitrogens with zero attached hydrogens (tertiary/aromatic N) is 2. The topological polar surface area (TPSA) is 119 Å². The minimum atomic E-state index is -0.820. The lowest BCUT2D eigenvalue weighted by molar-refractivity contribution is -0.385. The summed E-state index contributed by atoms with van der Waals surface area (Å²) in [5.74, 6) is -0.960. The molecule has 1 amide bonds. The van der Waals surface area contributed by atoms with Gasteiger partial charge in [0.1, 0.15) is 0 Å². The molecule has 9 nitrogen and oxygen atoms in total. The van der Waals surface area contributed by atoms with Crippen LogP contribution in [0.5, 0.6) is 5.75 Å². The number of esters is 1. The molecule has 1 aromatic carbocycles. The van der Waals surface area contributed by atoms with Gasteiger partial charge in [-0.3, -0.25) is 19.7 Å². The Morgan fingerprint density at radius 1 is 1.40 bits per heavy atom. The third kappa shape index (κ3) is 6.03. The van der Waals surface area contributed by atoms with Crippen LogP contribution in [-0.4, -0.2) is 59.7 Å². The number of ether oxygens (including phenoxy) is 2. The number of rotatable bonds is 9. The predicted molar refractivity (Wildman–Crippen MR) is 88.5 cm³/mol. The van der Waals surface area contributed by atoms with E-state index < -0.39 is 22.9 Å². The zero-order valence-electron chi connectivity index (χ0n) is 14.4. The van der Waals surface area contributed by atoms with Crippen molar-refractivity contribution in [3.05, 3.63) is 33.9 Å². The molecule has 0 saturated carbocycles. The number of hydrogen-bond acceptors (Lipinski definition) is 7. The van der Waals surface area contributed by atoms with E-state index in [-0.39, 0.29) is 43.1 Å². The smallest absolute Gasteiger partial charge is 0.311 e. The number of benzene rings is 1. The number of nitro benzene ring substituents is 1. The molecular weight excluding hydrogens is 332 g/mol. The quantitative estimate of drug-likeness (QED) is 0.404. The molecular formula is C16H22N2O7. The summed E-state index contributed by atoms with van der Waals surface area (Å²) in [5.41, 5.74) is -0.271. The summed E-state index contributed by atoms with van der Waals surface area (Å²) < 4.78 is 9.72. The summed E-state index contributed by atoms with van der Waals surface area (Å²) in [6, 6.07) is 3.84. The Morgan fingerprint density at radius 2 is 2.08 bits per heavy atom. The summed E-state index contributed by atoms with van der Waals surface area (Å²) in [5, 5.41) is 20.7. The summed E-state index contributed by atoms with van der Waals surface area (Å²) in [6.45, 7) is 3.42. The van der Waals surface area contributed by atoms with E-state index >= 15 is 0 Å². The van der Waals surface area contributed by atoms with Crippen LogP contribution in [-0.2, 0) is 9.53 Å².